The van der Waals surface area contributed by atoms with E-state index in [1.165, 1.54) is 0 Å². The quantitative estimate of drug-likeness (QED) is 0.108. The molecule has 0 aromatic carbocycles. The molecule has 1 aliphatic heterocycles. The second-order valence-electron chi connectivity index (χ2n) is 13.0. The number of hydrogen-bond donors (Lipinski definition) is 7. The lowest BCUT2D eigenvalue weighted by molar-refractivity contribution is 0.0560. The first-order valence-corrected chi connectivity index (χ1v) is 15.8. The largest absolute Gasteiger partial charge is 0.444 e. The number of nitrogens with zero attached hydrogens (tertiary/aromatic N) is 4. The monoisotopic (exact) mass is 667 g/mol. The summed E-state index contributed by atoms with van der Waals surface area (Å²) in [5.74, 6) is -0.474. The number of halogens is 1. The fourth-order valence-electron chi connectivity index (χ4n) is 4.49. The van der Waals surface area contributed by atoms with Gasteiger partial charge in [-0.15, -0.1) is 4.99 Å². The molecule has 16 nitrogen and oxygen atoms in total. The van der Waals surface area contributed by atoms with Gasteiger partial charge >= 0.3 is 12.2 Å². The third-order valence-electron chi connectivity index (χ3n) is 6.57. The van der Waals surface area contributed by atoms with Gasteiger partial charge in [0.2, 0.25) is 5.96 Å². The van der Waals surface area contributed by atoms with E-state index in [0.29, 0.717) is 19.0 Å². The Kier molecular flexibility index (Phi) is 14.7. The second-order valence-corrected chi connectivity index (χ2v) is 13.4. The minimum absolute atomic E-state index is 0.0139. The Morgan fingerprint density at radius 1 is 0.935 bits per heavy atom. The highest BCUT2D eigenvalue weighted by atomic mass is 35.5. The molecule has 46 heavy (non-hydrogen) atoms. The van der Waals surface area contributed by atoms with Gasteiger partial charge in [-0.25, -0.2) is 19.6 Å². The number of aromatic nitrogens is 2. The van der Waals surface area contributed by atoms with E-state index >= 15 is 0 Å². The zero-order valence-electron chi connectivity index (χ0n) is 27.7. The van der Waals surface area contributed by atoms with Crippen LogP contribution in [0.25, 0.3) is 0 Å². The lowest BCUT2D eigenvalue weighted by atomic mass is 9.91. The van der Waals surface area contributed by atoms with E-state index in [1.807, 2.05) is 0 Å². The van der Waals surface area contributed by atoms with Gasteiger partial charge in [-0.1, -0.05) is 24.4 Å². The summed E-state index contributed by atoms with van der Waals surface area (Å²) in [6, 6.07) is 0. The number of alkyl carbamates (subject to hydrolysis) is 1. The van der Waals surface area contributed by atoms with Crippen LogP contribution in [0.3, 0.4) is 0 Å². The van der Waals surface area contributed by atoms with Crippen molar-refractivity contribution in [1.82, 2.24) is 36.1 Å². The zero-order chi connectivity index (χ0) is 34.5. The number of nitrogens with two attached hydrogens (primary N) is 2. The molecule has 1 aliphatic rings. The smallest absolute Gasteiger partial charge is 0.437 e. The number of guanidine groups is 2. The van der Waals surface area contributed by atoms with Gasteiger partial charge in [0.05, 0.1) is 0 Å². The van der Waals surface area contributed by atoms with Gasteiger partial charge in [0.1, 0.15) is 11.2 Å². The molecule has 258 valence electrons. The van der Waals surface area contributed by atoms with Gasteiger partial charge in [0.25, 0.3) is 5.91 Å². The van der Waals surface area contributed by atoms with E-state index in [-0.39, 0.29) is 34.4 Å². The molecule has 1 saturated heterocycles. The van der Waals surface area contributed by atoms with Crippen LogP contribution in [0.15, 0.2) is 4.99 Å². The third kappa shape index (κ3) is 15.4. The maximum absolute atomic E-state index is 12.3. The van der Waals surface area contributed by atoms with Crippen LogP contribution in [0.5, 0.6) is 0 Å². The fourth-order valence-corrected chi connectivity index (χ4v) is 4.62. The van der Waals surface area contributed by atoms with Crippen LogP contribution in [-0.2, 0) is 9.47 Å². The molecular weight excluding hydrogens is 618 g/mol. The Balaban J connectivity index is 1.64. The average Bonchev–Trinajstić information content (AvgIpc) is 2.91. The molecule has 0 spiro atoms. The maximum Gasteiger partial charge on any atom is 0.437 e. The normalized spacial score (nSPS) is 14.7. The van der Waals surface area contributed by atoms with Crippen molar-refractivity contribution < 1.29 is 23.9 Å². The molecule has 17 heteroatoms. The molecular formula is C29H50ClN11O5. The highest BCUT2D eigenvalue weighted by molar-refractivity contribution is 6.31. The van der Waals surface area contributed by atoms with Crippen molar-refractivity contribution in [2.45, 2.75) is 91.3 Å². The number of ether oxygens (including phenoxy) is 2. The van der Waals surface area contributed by atoms with Gasteiger partial charge in [0, 0.05) is 13.1 Å². The summed E-state index contributed by atoms with van der Waals surface area (Å²) in [6.45, 7) is 14.3. The van der Waals surface area contributed by atoms with E-state index in [1.54, 1.807) is 41.5 Å². The van der Waals surface area contributed by atoms with Gasteiger partial charge in [0.15, 0.2) is 28.4 Å². The molecule has 0 unspecified atom stereocenters. The highest BCUT2D eigenvalue weighted by Gasteiger charge is 2.22. The molecule has 9 N–H and O–H groups in total. The first-order chi connectivity index (χ1) is 21.4. The predicted molar refractivity (Wildman–Crippen MR) is 178 cm³/mol. The summed E-state index contributed by atoms with van der Waals surface area (Å²) in [5.41, 5.74) is 9.59. The summed E-state index contributed by atoms with van der Waals surface area (Å²) < 4.78 is 10.5. The third-order valence-corrected chi connectivity index (χ3v) is 6.84. The number of likely N-dealkylation sites (tertiary alicyclic amines) is 1. The Morgan fingerprint density at radius 3 is 2.20 bits per heavy atom. The van der Waals surface area contributed by atoms with E-state index in [0.717, 1.165) is 58.2 Å². The molecule has 3 amide bonds. The van der Waals surface area contributed by atoms with Crippen LogP contribution in [-0.4, -0.2) is 88.8 Å². The van der Waals surface area contributed by atoms with Crippen molar-refractivity contribution in [2.75, 3.05) is 44.2 Å². The molecule has 2 rings (SSSR count). The average molecular weight is 668 g/mol. The number of amides is 3. The first kappa shape index (κ1) is 38.3. The number of carbonyl (C=O) groups excluding carboxylic acids is 3. The molecule has 0 aliphatic carbocycles. The highest BCUT2D eigenvalue weighted by Crippen LogP contribution is 2.22. The van der Waals surface area contributed by atoms with Crippen molar-refractivity contribution >= 4 is 53.2 Å². The topological polar surface area (TPSA) is 235 Å². The number of nitrogens with one attached hydrogen (secondary N) is 5. The Hall–Kier alpha value is -3.92. The number of piperidine rings is 1. The van der Waals surface area contributed by atoms with Crippen molar-refractivity contribution in [3.63, 3.8) is 0 Å². The van der Waals surface area contributed by atoms with E-state index < -0.39 is 29.3 Å². The van der Waals surface area contributed by atoms with E-state index in [4.69, 9.17) is 38.0 Å². The molecule has 1 aromatic rings. The van der Waals surface area contributed by atoms with Crippen molar-refractivity contribution in [2.24, 2.45) is 10.9 Å². The minimum atomic E-state index is -0.810. The number of unbranched alkanes of at least 4 members (excludes halogenated alkanes) is 1. The van der Waals surface area contributed by atoms with E-state index in [9.17, 15) is 14.4 Å². The number of hydrogen-bond acceptors (Lipinski definition) is 11. The Labute approximate surface area is 275 Å². The number of anilines is 2. The van der Waals surface area contributed by atoms with Gasteiger partial charge in [-0.05, 0) is 92.8 Å². The number of carbonyl (C=O) groups is 3. The molecule has 1 fully saturated rings. The first-order valence-electron chi connectivity index (χ1n) is 15.4. The zero-order valence-corrected chi connectivity index (χ0v) is 28.5. The fraction of sp³-hybridized carbons (Fsp3) is 0.690. The van der Waals surface area contributed by atoms with Gasteiger partial charge in [-0.2, -0.15) is 0 Å². The van der Waals surface area contributed by atoms with E-state index in [2.05, 4.69) is 41.1 Å². The van der Waals surface area contributed by atoms with Crippen molar-refractivity contribution in [1.29, 1.82) is 5.41 Å². The van der Waals surface area contributed by atoms with Crippen LogP contribution in [0.1, 0.15) is 90.6 Å². The van der Waals surface area contributed by atoms with Crippen LogP contribution in [0, 0.1) is 11.3 Å². The molecule has 2 heterocycles. The van der Waals surface area contributed by atoms with Crippen LogP contribution in [0.2, 0.25) is 5.15 Å². The lowest BCUT2D eigenvalue weighted by Crippen LogP contribution is -2.45. The Morgan fingerprint density at radius 2 is 1.57 bits per heavy atom. The second kappa shape index (κ2) is 17.7. The van der Waals surface area contributed by atoms with Gasteiger partial charge < -0.3 is 36.5 Å². The number of rotatable bonds is 10. The predicted octanol–water partition coefficient (Wildman–Crippen LogP) is 3.23. The number of aliphatic imine (C=N–C) groups is 1. The number of nitrogen functional groups attached to an aromatic ring is 2. The van der Waals surface area contributed by atoms with Gasteiger partial charge in [-0.3, -0.25) is 20.8 Å². The van der Waals surface area contributed by atoms with Crippen LogP contribution in [0.4, 0.5) is 21.2 Å². The van der Waals surface area contributed by atoms with Crippen molar-refractivity contribution in [3.8, 4) is 0 Å². The standard InChI is InChI=1S/C29H50ClN11O5/c1-28(2,3)45-26(43)39-25(40-27(44)46-29(4,5)6)35-14-9-15-41-16-11-18(12-17-41)10-7-8-13-34-24(33)38-23(42)19-21(31)37-22(32)20(30)36-19/h18H,7-17H2,1-6H3,(H4,31,32,37)(H3,33,34,38,42)(H2,35,39,40,43,44). The molecule has 0 bridgehead atoms. The molecule has 0 atom stereocenters. The Bertz CT molecular complexity index is 1240. The van der Waals surface area contributed by atoms with Crippen LogP contribution >= 0.6 is 11.6 Å². The maximum atomic E-state index is 12.3. The SMILES string of the molecule is CC(C)(C)OC(=O)N=C(NCCCN1CCC(CCCCNC(=N)NC(=O)c2nc(Cl)c(N)nc2N)CC1)NC(=O)OC(C)(C)C. The summed E-state index contributed by atoms with van der Waals surface area (Å²) in [4.78, 5) is 50.6. The summed E-state index contributed by atoms with van der Waals surface area (Å²) in [7, 11) is 0. The summed E-state index contributed by atoms with van der Waals surface area (Å²) in [6.07, 6.45) is 4.40. The van der Waals surface area contributed by atoms with Crippen molar-refractivity contribution in [3.05, 3.63) is 10.8 Å². The minimum Gasteiger partial charge on any atom is -0.444 e. The lowest BCUT2D eigenvalue weighted by Gasteiger charge is -2.32. The molecule has 0 radical (unpaired) electrons. The summed E-state index contributed by atoms with van der Waals surface area (Å²) in [5, 5.41) is 18.6. The molecule has 0 saturated carbocycles. The molecule has 1 aromatic heterocycles. The summed E-state index contributed by atoms with van der Waals surface area (Å²) >= 11 is 5.81. The van der Waals surface area contributed by atoms with Crippen LogP contribution < -0.4 is 32.7 Å².